The van der Waals surface area contributed by atoms with Gasteiger partial charge in [-0.1, -0.05) is 60.3 Å². The molecule has 120 valence electrons. The molecule has 0 saturated carbocycles. The van der Waals surface area contributed by atoms with Gasteiger partial charge in [-0.15, -0.1) is 0 Å². The molecule has 0 aromatic heterocycles. The van der Waals surface area contributed by atoms with E-state index >= 15 is 0 Å². The summed E-state index contributed by atoms with van der Waals surface area (Å²) in [7, 11) is 0. The molecule has 0 aromatic rings. The van der Waals surface area contributed by atoms with Crippen LogP contribution in [0.2, 0.25) is 0 Å². The van der Waals surface area contributed by atoms with Gasteiger partial charge in [-0.2, -0.15) is 0 Å². The predicted octanol–water partition coefficient (Wildman–Crippen LogP) is 4.45. The van der Waals surface area contributed by atoms with Crippen LogP contribution in [0.4, 0.5) is 0 Å². The van der Waals surface area contributed by atoms with E-state index in [1.807, 2.05) is 0 Å². The normalized spacial score (nSPS) is 23.4. The molecule has 2 nitrogen and oxygen atoms in total. The maximum absolute atomic E-state index is 3.81. The molecule has 0 spiro atoms. The van der Waals surface area contributed by atoms with E-state index in [4.69, 9.17) is 0 Å². The van der Waals surface area contributed by atoms with Crippen LogP contribution in [0.5, 0.6) is 0 Å². The second-order valence-corrected chi connectivity index (χ2v) is 7.02. The zero-order valence-electron chi connectivity index (χ0n) is 14.7. The van der Waals surface area contributed by atoms with Gasteiger partial charge in [-0.05, 0) is 31.7 Å². The quantitative estimate of drug-likeness (QED) is 0.629. The van der Waals surface area contributed by atoms with Crippen molar-refractivity contribution in [2.45, 2.75) is 91.1 Å². The van der Waals surface area contributed by atoms with Gasteiger partial charge < -0.3 is 5.32 Å². The molecule has 20 heavy (non-hydrogen) atoms. The molecule has 1 rings (SSSR count). The Hall–Kier alpha value is -0.0800. The summed E-state index contributed by atoms with van der Waals surface area (Å²) in [6.07, 6.45) is 9.51. The van der Waals surface area contributed by atoms with Gasteiger partial charge in [-0.3, -0.25) is 4.90 Å². The second kappa shape index (κ2) is 9.04. The van der Waals surface area contributed by atoms with Crippen LogP contribution < -0.4 is 5.32 Å². The van der Waals surface area contributed by atoms with Crippen LogP contribution in [-0.4, -0.2) is 36.1 Å². The van der Waals surface area contributed by atoms with E-state index < -0.39 is 0 Å². The van der Waals surface area contributed by atoms with Crippen LogP contribution in [0.25, 0.3) is 0 Å². The lowest BCUT2D eigenvalue weighted by atomic mass is 9.85. The lowest BCUT2D eigenvalue weighted by Crippen LogP contribution is -2.65. The lowest BCUT2D eigenvalue weighted by molar-refractivity contribution is 0.0211. The summed E-state index contributed by atoms with van der Waals surface area (Å²) in [5, 5.41) is 3.81. The van der Waals surface area contributed by atoms with E-state index in [0.717, 1.165) is 5.92 Å². The van der Waals surface area contributed by atoms with E-state index in [9.17, 15) is 0 Å². The molecule has 0 aromatic carbocycles. The third-order valence-corrected chi connectivity index (χ3v) is 5.43. The van der Waals surface area contributed by atoms with Crippen LogP contribution in [0.3, 0.4) is 0 Å². The molecule has 0 bridgehead atoms. The summed E-state index contributed by atoms with van der Waals surface area (Å²) >= 11 is 0. The fraction of sp³-hybridized carbons (Fsp3) is 1.00. The van der Waals surface area contributed by atoms with Crippen molar-refractivity contribution in [3.8, 4) is 0 Å². The minimum Gasteiger partial charge on any atom is -0.311 e. The Morgan fingerprint density at radius 3 is 2.25 bits per heavy atom. The van der Waals surface area contributed by atoms with Gasteiger partial charge in [0.1, 0.15) is 0 Å². The number of rotatable bonds is 9. The van der Waals surface area contributed by atoms with Crippen molar-refractivity contribution in [3.05, 3.63) is 0 Å². The number of hydrogen-bond acceptors (Lipinski definition) is 2. The first-order valence-corrected chi connectivity index (χ1v) is 9.08. The number of unbranched alkanes of at least 4 members (excludes halogenated alkanes) is 4. The Morgan fingerprint density at radius 1 is 1.05 bits per heavy atom. The maximum atomic E-state index is 3.81. The van der Waals surface area contributed by atoms with Crippen molar-refractivity contribution in [3.63, 3.8) is 0 Å². The molecule has 0 aliphatic carbocycles. The fourth-order valence-electron chi connectivity index (χ4n) is 3.56. The molecule has 1 aliphatic heterocycles. The topological polar surface area (TPSA) is 15.3 Å². The Balaban J connectivity index is 2.53. The highest BCUT2D eigenvalue weighted by atomic mass is 15.3. The Labute approximate surface area is 127 Å². The van der Waals surface area contributed by atoms with Crippen molar-refractivity contribution < 1.29 is 0 Å². The summed E-state index contributed by atoms with van der Waals surface area (Å²) in [6, 6.07) is 0.678. The third kappa shape index (κ3) is 4.73. The molecule has 1 heterocycles. The van der Waals surface area contributed by atoms with Gasteiger partial charge in [0.2, 0.25) is 0 Å². The van der Waals surface area contributed by atoms with Gasteiger partial charge in [0, 0.05) is 24.7 Å². The molecular formula is C18H38N2. The number of nitrogens with zero attached hydrogens (tertiary/aromatic N) is 1. The van der Waals surface area contributed by atoms with Crippen LogP contribution in [0.15, 0.2) is 0 Å². The van der Waals surface area contributed by atoms with Crippen molar-refractivity contribution in [1.29, 1.82) is 0 Å². The van der Waals surface area contributed by atoms with Crippen molar-refractivity contribution in [2.24, 2.45) is 5.92 Å². The fourth-order valence-corrected chi connectivity index (χ4v) is 3.56. The smallest absolute Gasteiger partial charge is 0.0329 e. The van der Waals surface area contributed by atoms with Crippen LogP contribution in [-0.2, 0) is 0 Å². The second-order valence-electron chi connectivity index (χ2n) is 7.02. The van der Waals surface area contributed by atoms with Crippen molar-refractivity contribution in [2.75, 3.05) is 19.6 Å². The summed E-state index contributed by atoms with van der Waals surface area (Å²) in [5.41, 5.74) is 0.413. The first-order chi connectivity index (χ1) is 9.59. The summed E-state index contributed by atoms with van der Waals surface area (Å²) in [4.78, 5) is 2.82. The van der Waals surface area contributed by atoms with Gasteiger partial charge in [-0.25, -0.2) is 0 Å². The van der Waals surface area contributed by atoms with Gasteiger partial charge in [0.05, 0.1) is 0 Å². The van der Waals surface area contributed by atoms with E-state index in [-0.39, 0.29) is 0 Å². The highest BCUT2D eigenvalue weighted by Gasteiger charge is 2.38. The van der Waals surface area contributed by atoms with E-state index in [0.29, 0.717) is 11.6 Å². The SMILES string of the molecule is CCCCCCCN1CC(C(C)C)NCC1(CC)CC. The molecule has 1 fully saturated rings. The van der Waals surface area contributed by atoms with Crippen LogP contribution in [0.1, 0.15) is 79.6 Å². The average molecular weight is 283 g/mol. The predicted molar refractivity (Wildman–Crippen MR) is 90.3 cm³/mol. The van der Waals surface area contributed by atoms with Gasteiger partial charge in [0.25, 0.3) is 0 Å². The minimum absolute atomic E-state index is 0.413. The number of piperazine rings is 1. The molecule has 1 atom stereocenters. The zero-order valence-corrected chi connectivity index (χ0v) is 14.7. The largest absolute Gasteiger partial charge is 0.311 e. The molecular weight excluding hydrogens is 244 g/mol. The summed E-state index contributed by atoms with van der Waals surface area (Å²) < 4.78 is 0. The highest BCUT2D eigenvalue weighted by molar-refractivity contribution is 4.98. The summed E-state index contributed by atoms with van der Waals surface area (Å²) in [6.45, 7) is 15.4. The Kier molecular flexibility index (Phi) is 8.13. The van der Waals surface area contributed by atoms with Crippen molar-refractivity contribution in [1.82, 2.24) is 10.2 Å². The number of nitrogens with one attached hydrogen (secondary N) is 1. The third-order valence-electron chi connectivity index (χ3n) is 5.43. The summed E-state index contributed by atoms with van der Waals surface area (Å²) in [5.74, 6) is 0.740. The molecule has 1 saturated heterocycles. The molecule has 1 unspecified atom stereocenters. The van der Waals surface area contributed by atoms with Crippen molar-refractivity contribution >= 4 is 0 Å². The molecule has 2 heteroatoms. The average Bonchev–Trinajstić information content (AvgIpc) is 2.46. The number of hydrogen-bond donors (Lipinski definition) is 1. The molecule has 0 radical (unpaired) electrons. The Morgan fingerprint density at radius 2 is 1.70 bits per heavy atom. The first-order valence-electron chi connectivity index (χ1n) is 9.08. The molecule has 1 aliphatic rings. The minimum atomic E-state index is 0.413. The maximum Gasteiger partial charge on any atom is 0.0329 e. The lowest BCUT2D eigenvalue weighted by Gasteiger charge is -2.50. The Bertz CT molecular complexity index is 246. The molecule has 0 amide bonds. The standard InChI is InChI=1S/C18H38N2/c1-6-9-10-11-12-13-20-14-17(16(4)5)19-15-18(20,7-2)8-3/h16-17,19H,6-15H2,1-5H3. The molecule has 1 N–H and O–H groups in total. The van der Waals surface area contributed by atoms with Gasteiger partial charge in [0.15, 0.2) is 0 Å². The van der Waals surface area contributed by atoms with E-state index in [1.54, 1.807) is 0 Å². The van der Waals surface area contributed by atoms with Gasteiger partial charge >= 0.3 is 0 Å². The monoisotopic (exact) mass is 282 g/mol. The first kappa shape index (κ1) is 18.0. The zero-order chi connectivity index (χ0) is 15.0. The highest BCUT2D eigenvalue weighted by Crippen LogP contribution is 2.28. The van der Waals surface area contributed by atoms with E-state index in [1.165, 1.54) is 64.6 Å². The van der Waals surface area contributed by atoms with Crippen LogP contribution >= 0.6 is 0 Å². The van der Waals surface area contributed by atoms with Crippen LogP contribution in [0, 0.1) is 5.92 Å². The van der Waals surface area contributed by atoms with E-state index in [2.05, 4.69) is 44.8 Å².